The highest BCUT2D eigenvalue weighted by Gasteiger charge is 2.06. The molecule has 3 nitrogen and oxygen atoms in total. The molecule has 0 aromatic heterocycles. The third kappa shape index (κ3) is 4.71. The van der Waals surface area contributed by atoms with Gasteiger partial charge in [0.2, 0.25) is 0 Å². The Labute approximate surface area is 104 Å². The van der Waals surface area contributed by atoms with Gasteiger partial charge in [0.25, 0.3) is 0 Å². The van der Waals surface area contributed by atoms with Crippen molar-refractivity contribution in [1.29, 1.82) is 0 Å². The molecule has 0 unspecified atom stereocenters. The van der Waals surface area contributed by atoms with Gasteiger partial charge in [0.1, 0.15) is 12.4 Å². The molecule has 0 saturated carbocycles. The Kier molecular flexibility index (Phi) is 5.94. The molecule has 1 rings (SSSR count). The Morgan fingerprint density at radius 3 is 2.94 bits per heavy atom. The molecule has 0 aliphatic heterocycles. The van der Waals surface area contributed by atoms with Gasteiger partial charge in [-0.1, -0.05) is 23.7 Å². The smallest absolute Gasteiger partial charge is 0.332 e. The van der Waals surface area contributed by atoms with E-state index in [1.165, 1.54) is 6.07 Å². The number of benzene rings is 1. The number of halogens is 2. The number of rotatable bonds is 6. The van der Waals surface area contributed by atoms with Gasteiger partial charge < -0.3 is 9.47 Å². The molecule has 0 radical (unpaired) electrons. The number of carbonyl (C=O) groups is 1. The summed E-state index contributed by atoms with van der Waals surface area (Å²) in [5, 5.41) is 0.104. The summed E-state index contributed by atoms with van der Waals surface area (Å²) >= 11 is 5.76. The lowest BCUT2D eigenvalue weighted by molar-refractivity contribution is -0.148. The minimum atomic E-state index is -0.449. The first-order valence-corrected chi connectivity index (χ1v) is 5.69. The minimum absolute atomic E-state index is 0.0965. The topological polar surface area (TPSA) is 35.5 Å². The van der Waals surface area contributed by atoms with E-state index in [0.717, 1.165) is 0 Å². The summed E-state index contributed by atoms with van der Waals surface area (Å²) in [5.41, 5.74) is 0.663. The van der Waals surface area contributed by atoms with Gasteiger partial charge in [-0.2, -0.15) is 0 Å². The molecule has 0 N–H and O–H groups in total. The molecule has 0 bridgehead atoms. The molecular formula is C12H14ClFO3. The summed E-state index contributed by atoms with van der Waals surface area (Å²) in [5.74, 6) is -0.854. The lowest BCUT2D eigenvalue weighted by Crippen LogP contribution is -2.13. The van der Waals surface area contributed by atoms with E-state index in [4.69, 9.17) is 16.3 Å². The lowest BCUT2D eigenvalue weighted by atomic mass is 10.1. The van der Waals surface area contributed by atoms with Crippen LogP contribution < -0.4 is 0 Å². The van der Waals surface area contributed by atoms with E-state index in [0.29, 0.717) is 25.2 Å². The number of ether oxygens (including phenoxy) is 2. The van der Waals surface area contributed by atoms with E-state index in [2.05, 4.69) is 4.74 Å². The zero-order valence-corrected chi connectivity index (χ0v) is 10.3. The van der Waals surface area contributed by atoms with Crippen LogP contribution in [0.2, 0.25) is 5.02 Å². The molecule has 0 saturated heterocycles. The summed E-state index contributed by atoms with van der Waals surface area (Å²) in [4.78, 5) is 10.9. The third-order valence-electron chi connectivity index (χ3n) is 2.07. The Balaban J connectivity index is 2.31. The van der Waals surface area contributed by atoms with Gasteiger partial charge >= 0.3 is 5.97 Å². The van der Waals surface area contributed by atoms with Gasteiger partial charge in [-0.15, -0.1) is 0 Å². The van der Waals surface area contributed by atoms with Crippen LogP contribution in [0.1, 0.15) is 12.5 Å². The highest BCUT2D eigenvalue weighted by molar-refractivity contribution is 6.31. The summed E-state index contributed by atoms with van der Waals surface area (Å²) < 4.78 is 22.8. The fourth-order valence-electron chi connectivity index (χ4n) is 1.28. The first-order chi connectivity index (χ1) is 8.15. The summed E-state index contributed by atoms with van der Waals surface area (Å²) in [6.45, 7) is 2.26. The predicted octanol–water partition coefficient (Wildman–Crippen LogP) is 2.60. The van der Waals surface area contributed by atoms with Gasteiger partial charge in [0.05, 0.1) is 18.2 Å². The maximum absolute atomic E-state index is 13.1. The summed E-state index contributed by atoms with van der Waals surface area (Å²) in [6, 6.07) is 4.60. The molecule has 0 spiro atoms. The van der Waals surface area contributed by atoms with Crippen molar-refractivity contribution in [3.63, 3.8) is 0 Å². The normalized spacial score (nSPS) is 10.3. The van der Waals surface area contributed by atoms with E-state index in [1.54, 1.807) is 19.1 Å². The van der Waals surface area contributed by atoms with Gasteiger partial charge in [-0.05, 0) is 25.0 Å². The molecule has 0 aliphatic rings. The van der Waals surface area contributed by atoms with Crippen molar-refractivity contribution in [1.82, 2.24) is 0 Å². The molecule has 17 heavy (non-hydrogen) atoms. The highest BCUT2D eigenvalue weighted by Crippen LogP contribution is 2.19. The second-order valence-electron chi connectivity index (χ2n) is 3.32. The Morgan fingerprint density at radius 1 is 1.47 bits per heavy atom. The van der Waals surface area contributed by atoms with Crippen LogP contribution >= 0.6 is 11.6 Å². The minimum Gasteiger partial charge on any atom is -0.464 e. The molecule has 0 fully saturated rings. The van der Waals surface area contributed by atoms with Crippen molar-refractivity contribution in [2.45, 2.75) is 13.3 Å². The number of carbonyl (C=O) groups excluding carboxylic acids is 1. The van der Waals surface area contributed by atoms with E-state index < -0.39 is 11.8 Å². The van der Waals surface area contributed by atoms with E-state index in [1.807, 2.05) is 0 Å². The highest BCUT2D eigenvalue weighted by atomic mass is 35.5. The fraction of sp³-hybridized carbons (Fsp3) is 0.417. The maximum Gasteiger partial charge on any atom is 0.332 e. The van der Waals surface area contributed by atoms with Crippen LogP contribution in [0.3, 0.4) is 0 Å². The van der Waals surface area contributed by atoms with Crippen molar-refractivity contribution in [2.75, 3.05) is 19.8 Å². The van der Waals surface area contributed by atoms with Crippen LogP contribution in [0.25, 0.3) is 0 Å². The second-order valence-corrected chi connectivity index (χ2v) is 3.70. The molecule has 94 valence electrons. The molecule has 0 atom stereocenters. The maximum atomic E-state index is 13.1. The van der Waals surface area contributed by atoms with Crippen molar-refractivity contribution >= 4 is 17.6 Å². The van der Waals surface area contributed by atoms with Crippen molar-refractivity contribution in [3.05, 3.63) is 34.6 Å². The van der Waals surface area contributed by atoms with Crippen molar-refractivity contribution < 1.29 is 18.7 Å². The van der Waals surface area contributed by atoms with Gasteiger partial charge in [0.15, 0.2) is 0 Å². The predicted molar refractivity (Wildman–Crippen MR) is 62.6 cm³/mol. The second kappa shape index (κ2) is 7.25. The van der Waals surface area contributed by atoms with E-state index in [-0.39, 0.29) is 11.6 Å². The van der Waals surface area contributed by atoms with Crippen LogP contribution in [0.15, 0.2) is 18.2 Å². The molecule has 1 aromatic carbocycles. The quantitative estimate of drug-likeness (QED) is 0.583. The van der Waals surface area contributed by atoms with Gasteiger partial charge in [-0.25, -0.2) is 9.18 Å². The molecule has 0 amide bonds. The van der Waals surface area contributed by atoms with E-state index >= 15 is 0 Å². The summed E-state index contributed by atoms with van der Waals surface area (Å²) in [6.07, 6.45) is 0.454. The average molecular weight is 261 g/mol. The number of esters is 1. The van der Waals surface area contributed by atoms with Crippen molar-refractivity contribution in [3.8, 4) is 0 Å². The number of hydrogen-bond donors (Lipinski definition) is 0. The summed E-state index contributed by atoms with van der Waals surface area (Å²) in [7, 11) is 0. The Hall–Kier alpha value is -1.13. The van der Waals surface area contributed by atoms with Crippen LogP contribution in [-0.2, 0) is 20.7 Å². The van der Waals surface area contributed by atoms with Crippen LogP contribution in [0.4, 0.5) is 4.39 Å². The molecule has 0 aliphatic carbocycles. The molecule has 5 heteroatoms. The van der Waals surface area contributed by atoms with Gasteiger partial charge in [0, 0.05) is 0 Å². The first-order valence-electron chi connectivity index (χ1n) is 5.31. The molecular weight excluding hydrogens is 247 g/mol. The first kappa shape index (κ1) is 13.9. The Bertz CT molecular complexity index is 382. The largest absolute Gasteiger partial charge is 0.464 e. The standard InChI is InChI=1S/C12H14ClFO3/c1-2-17-11(15)8-16-7-6-9-4-3-5-10(14)12(9)13/h3-5H,2,6-8H2,1H3. The fourth-order valence-corrected chi connectivity index (χ4v) is 1.50. The monoisotopic (exact) mass is 260 g/mol. The van der Waals surface area contributed by atoms with E-state index in [9.17, 15) is 9.18 Å². The van der Waals surface area contributed by atoms with Gasteiger partial charge in [-0.3, -0.25) is 0 Å². The van der Waals surface area contributed by atoms with Crippen molar-refractivity contribution in [2.24, 2.45) is 0 Å². The average Bonchev–Trinajstić information content (AvgIpc) is 2.30. The van der Waals surface area contributed by atoms with Crippen LogP contribution in [0.5, 0.6) is 0 Å². The Morgan fingerprint density at radius 2 is 2.24 bits per heavy atom. The molecule has 1 aromatic rings. The molecule has 0 heterocycles. The lowest BCUT2D eigenvalue weighted by Gasteiger charge is -2.06. The van der Waals surface area contributed by atoms with Crippen LogP contribution in [-0.4, -0.2) is 25.8 Å². The third-order valence-corrected chi connectivity index (χ3v) is 2.50. The SMILES string of the molecule is CCOC(=O)COCCc1cccc(F)c1Cl. The zero-order valence-electron chi connectivity index (χ0n) is 9.54. The van der Waals surface area contributed by atoms with Crippen LogP contribution in [0, 0.1) is 5.82 Å². The number of hydrogen-bond acceptors (Lipinski definition) is 3. The zero-order chi connectivity index (χ0) is 12.7.